The van der Waals surface area contributed by atoms with Crippen LogP contribution in [0.2, 0.25) is 0 Å². The summed E-state index contributed by atoms with van der Waals surface area (Å²) in [5.41, 5.74) is 7.01. The standard InChI is InChI=1S/C14H21N5/c1-14(2,3)11(10-15)9-13-16-17-18-19(13)12-7-5-4-6-8-12/h4-8,11H,9-10,15H2,1-3H3. The minimum atomic E-state index is 0.141. The third-order valence-electron chi connectivity index (χ3n) is 3.47. The number of hydrogen-bond donors (Lipinski definition) is 1. The highest BCUT2D eigenvalue weighted by molar-refractivity contribution is 5.30. The van der Waals surface area contributed by atoms with Crippen molar-refractivity contribution in [3.8, 4) is 5.69 Å². The Hall–Kier alpha value is -1.75. The zero-order valence-electron chi connectivity index (χ0n) is 11.7. The molecule has 0 aliphatic carbocycles. The third-order valence-corrected chi connectivity index (χ3v) is 3.47. The molecule has 1 aromatic heterocycles. The Kier molecular flexibility index (Phi) is 3.95. The van der Waals surface area contributed by atoms with Crippen molar-refractivity contribution in [1.29, 1.82) is 0 Å². The van der Waals surface area contributed by atoms with Crippen LogP contribution in [0.3, 0.4) is 0 Å². The number of nitrogens with zero attached hydrogens (tertiary/aromatic N) is 4. The van der Waals surface area contributed by atoms with E-state index in [1.807, 2.05) is 30.3 Å². The zero-order chi connectivity index (χ0) is 13.9. The van der Waals surface area contributed by atoms with Crippen molar-refractivity contribution in [2.45, 2.75) is 27.2 Å². The van der Waals surface area contributed by atoms with E-state index in [0.717, 1.165) is 17.9 Å². The highest BCUT2D eigenvalue weighted by Crippen LogP contribution is 2.27. The largest absolute Gasteiger partial charge is 0.330 e. The van der Waals surface area contributed by atoms with Crippen LogP contribution in [0.15, 0.2) is 30.3 Å². The first-order valence-corrected chi connectivity index (χ1v) is 6.55. The summed E-state index contributed by atoms with van der Waals surface area (Å²) in [4.78, 5) is 0. The first-order chi connectivity index (χ1) is 9.02. The molecule has 0 spiro atoms. The Morgan fingerprint density at radius 1 is 1.21 bits per heavy atom. The van der Waals surface area contributed by atoms with E-state index in [2.05, 4.69) is 36.3 Å². The SMILES string of the molecule is CC(C)(C)C(CN)Cc1nnnn1-c1ccccc1. The molecule has 1 atom stereocenters. The van der Waals surface area contributed by atoms with Gasteiger partial charge in [0.1, 0.15) is 0 Å². The quantitative estimate of drug-likeness (QED) is 0.909. The molecular weight excluding hydrogens is 238 g/mol. The summed E-state index contributed by atoms with van der Waals surface area (Å²) in [7, 11) is 0. The van der Waals surface area contributed by atoms with E-state index in [4.69, 9.17) is 5.73 Å². The van der Waals surface area contributed by atoms with E-state index in [1.165, 1.54) is 0 Å². The van der Waals surface area contributed by atoms with E-state index in [0.29, 0.717) is 12.5 Å². The lowest BCUT2D eigenvalue weighted by atomic mass is 9.78. The third kappa shape index (κ3) is 3.17. The molecule has 0 bridgehead atoms. The summed E-state index contributed by atoms with van der Waals surface area (Å²) < 4.78 is 1.79. The topological polar surface area (TPSA) is 69.6 Å². The fourth-order valence-corrected chi connectivity index (χ4v) is 2.07. The van der Waals surface area contributed by atoms with Gasteiger partial charge in [-0.25, -0.2) is 0 Å². The number of rotatable bonds is 4. The predicted octanol–water partition coefficient (Wildman–Crippen LogP) is 1.83. The van der Waals surface area contributed by atoms with Crippen LogP contribution in [0.1, 0.15) is 26.6 Å². The summed E-state index contributed by atoms with van der Waals surface area (Å²) in [6.45, 7) is 7.22. The molecule has 0 saturated heterocycles. The maximum atomic E-state index is 5.89. The number of para-hydroxylation sites is 1. The Morgan fingerprint density at radius 2 is 1.89 bits per heavy atom. The van der Waals surface area contributed by atoms with Gasteiger partial charge >= 0.3 is 0 Å². The lowest BCUT2D eigenvalue weighted by molar-refractivity contribution is 0.241. The van der Waals surface area contributed by atoms with Gasteiger partial charge in [-0.15, -0.1) is 5.10 Å². The van der Waals surface area contributed by atoms with Crippen molar-refractivity contribution in [2.75, 3.05) is 6.54 Å². The number of aromatic nitrogens is 4. The molecule has 0 saturated carbocycles. The van der Waals surface area contributed by atoms with Gasteiger partial charge in [-0.3, -0.25) is 0 Å². The fourth-order valence-electron chi connectivity index (χ4n) is 2.07. The van der Waals surface area contributed by atoms with Crippen molar-refractivity contribution in [1.82, 2.24) is 20.2 Å². The smallest absolute Gasteiger partial charge is 0.157 e. The van der Waals surface area contributed by atoms with E-state index in [-0.39, 0.29) is 5.41 Å². The van der Waals surface area contributed by atoms with Gasteiger partial charge in [0, 0.05) is 6.42 Å². The van der Waals surface area contributed by atoms with Gasteiger partial charge in [-0.1, -0.05) is 39.0 Å². The van der Waals surface area contributed by atoms with Crippen LogP contribution in [0.25, 0.3) is 5.69 Å². The van der Waals surface area contributed by atoms with Crippen molar-refractivity contribution in [3.05, 3.63) is 36.2 Å². The molecule has 0 amide bonds. The molecule has 0 aliphatic heterocycles. The summed E-state index contributed by atoms with van der Waals surface area (Å²) in [6, 6.07) is 9.92. The van der Waals surface area contributed by atoms with Crippen LogP contribution in [0.4, 0.5) is 0 Å². The predicted molar refractivity (Wildman–Crippen MR) is 74.9 cm³/mol. The molecule has 19 heavy (non-hydrogen) atoms. The average Bonchev–Trinajstić information content (AvgIpc) is 2.83. The maximum absolute atomic E-state index is 5.89. The average molecular weight is 259 g/mol. The van der Waals surface area contributed by atoms with Crippen molar-refractivity contribution >= 4 is 0 Å². The number of nitrogens with two attached hydrogens (primary N) is 1. The second-order valence-electron chi connectivity index (χ2n) is 5.85. The molecule has 0 radical (unpaired) electrons. The van der Waals surface area contributed by atoms with Crippen molar-refractivity contribution in [2.24, 2.45) is 17.1 Å². The van der Waals surface area contributed by atoms with Crippen LogP contribution < -0.4 is 5.73 Å². The molecule has 102 valence electrons. The van der Waals surface area contributed by atoms with Crippen molar-refractivity contribution < 1.29 is 0 Å². The number of benzene rings is 1. The van der Waals surface area contributed by atoms with E-state index in [9.17, 15) is 0 Å². The van der Waals surface area contributed by atoms with Crippen LogP contribution in [0.5, 0.6) is 0 Å². The van der Waals surface area contributed by atoms with Gasteiger partial charge < -0.3 is 5.73 Å². The Bertz CT molecular complexity index is 512. The Morgan fingerprint density at radius 3 is 2.47 bits per heavy atom. The lowest BCUT2D eigenvalue weighted by Crippen LogP contribution is -2.31. The summed E-state index contributed by atoms with van der Waals surface area (Å²) in [5, 5.41) is 12.0. The van der Waals surface area contributed by atoms with E-state index < -0.39 is 0 Å². The second-order valence-corrected chi connectivity index (χ2v) is 5.85. The summed E-state index contributed by atoms with van der Waals surface area (Å²) in [5.74, 6) is 1.21. The Balaban J connectivity index is 2.26. The normalized spacial score (nSPS) is 13.5. The molecule has 1 unspecified atom stereocenters. The Labute approximate surface area is 113 Å². The second kappa shape index (κ2) is 5.48. The first-order valence-electron chi connectivity index (χ1n) is 6.55. The summed E-state index contributed by atoms with van der Waals surface area (Å²) >= 11 is 0. The monoisotopic (exact) mass is 259 g/mol. The number of hydrogen-bond acceptors (Lipinski definition) is 4. The highest BCUT2D eigenvalue weighted by atomic mass is 15.5. The molecule has 0 aliphatic rings. The van der Waals surface area contributed by atoms with Crippen LogP contribution >= 0.6 is 0 Å². The highest BCUT2D eigenvalue weighted by Gasteiger charge is 2.25. The lowest BCUT2D eigenvalue weighted by Gasteiger charge is -2.29. The van der Waals surface area contributed by atoms with Gasteiger partial charge in [0.05, 0.1) is 5.69 Å². The van der Waals surface area contributed by atoms with Gasteiger partial charge in [0.2, 0.25) is 0 Å². The van der Waals surface area contributed by atoms with E-state index in [1.54, 1.807) is 4.68 Å². The molecular formula is C14H21N5. The number of tetrazole rings is 1. The molecule has 2 aromatic rings. The van der Waals surface area contributed by atoms with Gasteiger partial charge in [-0.2, -0.15) is 4.68 Å². The van der Waals surface area contributed by atoms with Crippen LogP contribution in [0, 0.1) is 11.3 Å². The van der Waals surface area contributed by atoms with Gasteiger partial charge in [0.25, 0.3) is 0 Å². The molecule has 5 nitrogen and oxygen atoms in total. The van der Waals surface area contributed by atoms with Crippen LogP contribution in [-0.2, 0) is 6.42 Å². The van der Waals surface area contributed by atoms with Crippen LogP contribution in [-0.4, -0.2) is 26.8 Å². The van der Waals surface area contributed by atoms with Gasteiger partial charge in [-0.05, 0) is 40.4 Å². The minimum Gasteiger partial charge on any atom is -0.330 e. The molecule has 1 aromatic carbocycles. The molecule has 0 fully saturated rings. The van der Waals surface area contributed by atoms with Crippen molar-refractivity contribution in [3.63, 3.8) is 0 Å². The molecule has 2 N–H and O–H groups in total. The molecule has 1 heterocycles. The van der Waals surface area contributed by atoms with E-state index >= 15 is 0 Å². The molecule has 5 heteroatoms. The molecule has 2 rings (SSSR count). The fraction of sp³-hybridized carbons (Fsp3) is 0.500. The summed E-state index contributed by atoms with van der Waals surface area (Å²) in [6.07, 6.45) is 0.780. The zero-order valence-corrected chi connectivity index (χ0v) is 11.7. The minimum absolute atomic E-state index is 0.141. The maximum Gasteiger partial charge on any atom is 0.157 e. The first kappa shape index (κ1) is 13.7. The van der Waals surface area contributed by atoms with Gasteiger partial charge in [0.15, 0.2) is 5.82 Å².